The summed E-state index contributed by atoms with van der Waals surface area (Å²) in [5, 5.41) is 0. The first kappa shape index (κ1) is 22.5. The molecule has 0 spiro atoms. The zero-order valence-corrected chi connectivity index (χ0v) is 18.6. The maximum absolute atomic E-state index is 12.6. The number of sulfone groups is 1. The molecular weight excluding hydrogens is 446 g/mol. The number of ether oxygens (including phenoxy) is 1. The zero-order chi connectivity index (χ0) is 23.3. The molecule has 2 aromatic heterocycles. The molecule has 33 heavy (non-hydrogen) atoms. The van der Waals surface area contributed by atoms with Crippen molar-refractivity contribution >= 4 is 27.5 Å². The Labute approximate surface area is 191 Å². The van der Waals surface area contributed by atoms with Crippen molar-refractivity contribution in [1.29, 1.82) is 0 Å². The Hall–Kier alpha value is -3.66. The summed E-state index contributed by atoms with van der Waals surface area (Å²) < 4.78 is 35.5. The molecule has 9 nitrogen and oxygen atoms in total. The molecule has 0 radical (unpaired) electrons. The van der Waals surface area contributed by atoms with Crippen LogP contribution in [0.2, 0.25) is 0 Å². The Bertz CT molecular complexity index is 1200. The van der Waals surface area contributed by atoms with Crippen LogP contribution in [0.15, 0.2) is 76.4 Å². The Kier molecular flexibility index (Phi) is 6.74. The first-order valence-corrected chi connectivity index (χ1v) is 12.0. The molecule has 1 aromatic carbocycles. The van der Waals surface area contributed by atoms with Gasteiger partial charge in [-0.1, -0.05) is 24.3 Å². The molecule has 0 N–H and O–H groups in total. The minimum Gasteiger partial charge on any atom is -0.457 e. The number of benzene rings is 1. The van der Waals surface area contributed by atoms with E-state index >= 15 is 0 Å². The van der Waals surface area contributed by atoms with E-state index in [1.165, 1.54) is 24.5 Å². The fraction of sp³-hybridized carbons (Fsp3) is 0.261. The third kappa shape index (κ3) is 5.40. The fourth-order valence-electron chi connectivity index (χ4n) is 3.55. The number of nitrogens with zero attached hydrogens (tertiary/aromatic N) is 3. The number of rotatable bonds is 7. The van der Waals surface area contributed by atoms with E-state index in [4.69, 9.17) is 9.15 Å². The van der Waals surface area contributed by atoms with E-state index in [1.807, 2.05) is 18.2 Å². The normalized spacial score (nSPS) is 14.2. The monoisotopic (exact) mass is 469 g/mol. The molecule has 1 aliphatic rings. The average Bonchev–Trinajstić information content (AvgIpc) is 3.31. The van der Waals surface area contributed by atoms with Gasteiger partial charge in [-0.2, -0.15) is 0 Å². The molecule has 1 fully saturated rings. The van der Waals surface area contributed by atoms with E-state index in [-0.39, 0.29) is 22.1 Å². The first-order valence-electron chi connectivity index (χ1n) is 10.4. The summed E-state index contributed by atoms with van der Waals surface area (Å²) >= 11 is 0. The van der Waals surface area contributed by atoms with Crippen molar-refractivity contribution < 1.29 is 27.2 Å². The number of amides is 1. The van der Waals surface area contributed by atoms with Gasteiger partial charge in [-0.05, 0) is 30.3 Å². The van der Waals surface area contributed by atoms with Crippen molar-refractivity contribution in [1.82, 2.24) is 9.88 Å². The molecule has 1 amide bonds. The van der Waals surface area contributed by atoms with Gasteiger partial charge in [0.05, 0.1) is 16.9 Å². The van der Waals surface area contributed by atoms with Gasteiger partial charge in [0.15, 0.2) is 16.4 Å². The van der Waals surface area contributed by atoms with Crippen molar-refractivity contribution in [2.75, 3.05) is 37.7 Å². The highest BCUT2D eigenvalue weighted by molar-refractivity contribution is 7.90. The van der Waals surface area contributed by atoms with Gasteiger partial charge in [0.2, 0.25) is 5.76 Å². The van der Waals surface area contributed by atoms with Gasteiger partial charge >= 0.3 is 5.97 Å². The summed E-state index contributed by atoms with van der Waals surface area (Å²) in [6.45, 7) is 1.75. The number of esters is 1. The van der Waals surface area contributed by atoms with Crippen LogP contribution in [0.1, 0.15) is 16.1 Å². The van der Waals surface area contributed by atoms with Gasteiger partial charge < -0.3 is 19.0 Å². The van der Waals surface area contributed by atoms with E-state index < -0.39 is 28.2 Å². The Morgan fingerprint density at radius 1 is 0.970 bits per heavy atom. The quantitative estimate of drug-likeness (QED) is 0.484. The summed E-state index contributed by atoms with van der Waals surface area (Å²) in [5.74, 6) is -0.983. The van der Waals surface area contributed by atoms with Gasteiger partial charge in [0.1, 0.15) is 5.82 Å². The van der Waals surface area contributed by atoms with Crippen molar-refractivity contribution in [3.63, 3.8) is 0 Å². The third-order valence-electron chi connectivity index (χ3n) is 5.31. The zero-order valence-electron chi connectivity index (χ0n) is 17.8. The third-order valence-corrected chi connectivity index (χ3v) is 6.99. The summed E-state index contributed by atoms with van der Waals surface area (Å²) in [5.41, 5.74) is 0.181. The van der Waals surface area contributed by atoms with Crippen LogP contribution in [0.4, 0.5) is 5.82 Å². The van der Waals surface area contributed by atoms with Crippen LogP contribution >= 0.6 is 0 Å². The second kappa shape index (κ2) is 9.86. The number of carbonyl (C=O) groups excluding carboxylic acids is 2. The number of furan rings is 1. The van der Waals surface area contributed by atoms with Crippen LogP contribution < -0.4 is 4.90 Å². The second-order valence-electron chi connectivity index (χ2n) is 7.48. The van der Waals surface area contributed by atoms with Gasteiger partial charge in [0, 0.05) is 37.9 Å². The maximum atomic E-state index is 12.6. The van der Waals surface area contributed by atoms with Gasteiger partial charge in [0.25, 0.3) is 5.91 Å². The molecule has 0 bridgehead atoms. The SMILES string of the molecule is O=C(OCC(=O)N1CCN(c2ccccn2)CC1)c1occc1CS(=O)(=O)c1ccccc1. The van der Waals surface area contributed by atoms with E-state index in [2.05, 4.69) is 9.88 Å². The summed E-state index contributed by atoms with van der Waals surface area (Å²) in [7, 11) is -3.67. The molecule has 1 aliphatic heterocycles. The number of carbonyl (C=O) groups is 2. The smallest absolute Gasteiger partial charge is 0.375 e. The molecule has 4 rings (SSSR count). The summed E-state index contributed by atoms with van der Waals surface area (Å²) in [6, 6.07) is 15.0. The second-order valence-corrected chi connectivity index (χ2v) is 9.47. The predicted octanol–water partition coefficient (Wildman–Crippen LogP) is 2.15. The maximum Gasteiger partial charge on any atom is 0.375 e. The summed E-state index contributed by atoms with van der Waals surface area (Å²) in [4.78, 5) is 33.1. The van der Waals surface area contributed by atoms with Gasteiger partial charge in [-0.15, -0.1) is 0 Å². The van der Waals surface area contributed by atoms with Crippen LogP contribution in [0.5, 0.6) is 0 Å². The lowest BCUT2D eigenvalue weighted by molar-refractivity contribution is -0.134. The van der Waals surface area contributed by atoms with E-state index in [0.717, 1.165) is 5.82 Å². The fourth-order valence-corrected chi connectivity index (χ4v) is 4.93. The molecule has 172 valence electrons. The van der Waals surface area contributed by atoms with Crippen LogP contribution in [-0.4, -0.2) is 63.0 Å². The molecule has 0 saturated carbocycles. The molecule has 0 aliphatic carbocycles. The van der Waals surface area contributed by atoms with Crippen LogP contribution in [0.25, 0.3) is 0 Å². The average molecular weight is 470 g/mol. The number of pyridine rings is 1. The molecular formula is C23H23N3O6S. The predicted molar refractivity (Wildman–Crippen MR) is 119 cm³/mol. The number of hydrogen-bond acceptors (Lipinski definition) is 8. The molecule has 0 atom stereocenters. The van der Waals surface area contributed by atoms with E-state index in [1.54, 1.807) is 29.3 Å². The first-order chi connectivity index (χ1) is 15.9. The Morgan fingerprint density at radius 3 is 2.39 bits per heavy atom. The van der Waals surface area contributed by atoms with Crippen LogP contribution in [0, 0.1) is 0 Å². The minimum atomic E-state index is -3.67. The highest BCUT2D eigenvalue weighted by Crippen LogP contribution is 2.20. The molecule has 0 unspecified atom stereocenters. The lowest BCUT2D eigenvalue weighted by Gasteiger charge is -2.35. The largest absolute Gasteiger partial charge is 0.457 e. The van der Waals surface area contributed by atoms with Crippen molar-refractivity contribution in [3.8, 4) is 0 Å². The number of hydrogen-bond donors (Lipinski definition) is 0. The van der Waals surface area contributed by atoms with E-state index in [0.29, 0.717) is 26.2 Å². The molecule has 3 heterocycles. The van der Waals surface area contributed by atoms with Crippen molar-refractivity contribution in [2.45, 2.75) is 10.6 Å². The lowest BCUT2D eigenvalue weighted by Crippen LogP contribution is -2.50. The molecule has 10 heteroatoms. The van der Waals surface area contributed by atoms with Crippen LogP contribution in [-0.2, 0) is 25.1 Å². The van der Waals surface area contributed by atoms with Gasteiger partial charge in [-0.3, -0.25) is 4.79 Å². The van der Waals surface area contributed by atoms with Gasteiger partial charge in [-0.25, -0.2) is 18.2 Å². The highest BCUT2D eigenvalue weighted by Gasteiger charge is 2.26. The topological polar surface area (TPSA) is 110 Å². The number of anilines is 1. The van der Waals surface area contributed by atoms with E-state index in [9.17, 15) is 18.0 Å². The van der Waals surface area contributed by atoms with Crippen LogP contribution in [0.3, 0.4) is 0 Å². The summed E-state index contributed by atoms with van der Waals surface area (Å²) in [6.07, 6.45) is 2.95. The minimum absolute atomic E-state index is 0.144. The van der Waals surface area contributed by atoms with Crippen molar-refractivity contribution in [3.05, 3.63) is 78.4 Å². The Morgan fingerprint density at radius 2 is 1.70 bits per heavy atom. The highest BCUT2D eigenvalue weighted by atomic mass is 32.2. The lowest BCUT2D eigenvalue weighted by atomic mass is 10.3. The Balaban J connectivity index is 1.31. The van der Waals surface area contributed by atoms with Crippen molar-refractivity contribution in [2.24, 2.45) is 0 Å². The molecule has 1 saturated heterocycles. The number of piperazine rings is 1. The molecule has 3 aromatic rings. The standard InChI is InChI=1S/C23H23N3O6S/c27-21(26-13-11-25(12-14-26)20-8-4-5-10-24-20)16-32-23(28)22-18(9-15-31-22)17-33(29,30)19-6-2-1-3-7-19/h1-10,15H,11-14,16-17H2. The number of aromatic nitrogens is 1.